The van der Waals surface area contributed by atoms with Gasteiger partial charge < -0.3 is 10.1 Å². The molecule has 0 radical (unpaired) electrons. The second-order valence-electron chi connectivity index (χ2n) is 5.53. The van der Waals surface area contributed by atoms with E-state index in [4.69, 9.17) is 4.74 Å². The van der Waals surface area contributed by atoms with E-state index in [0.717, 1.165) is 12.3 Å². The van der Waals surface area contributed by atoms with E-state index in [-0.39, 0.29) is 6.04 Å². The molecular weight excluding hydrogens is 258 g/mol. The molecular formula is C19H25NO. The summed E-state index contributed by atoms with van der Waals surface area (Å²) in [5, 5.41) is 3.60. The van der Waals surface area contributed by atoms with E-state index in [1.54, 1.807) is 7.11 Å². The lowest BCUT2D eigenvalue weighted by molar-refractivity contribution is 0.404. The maximum Gasteiger partial charge on any atom is 0.123 e. The Labute approximate surface area is 128 Å². The number of hydrogen-bond donors (Lipinski definition) is 1. The fourth-order valence-electron chi connectivity index (χ4n) is 2.79. The van der Waals surface area contributed by atoms with Crippen LogP contribution in [-0.2, 0) is 0 Å². The topological polar surface area (TPSA) is 21.3 Å². The van der Waals surface area contributed by atoms with Crippen molar-refractivity contribution in [1.82, 2.24) is 5.32 Å². The second-order valence-corrected chi connectivity index (χ2v) is 5.53. The molecule has 0 aliphatic rings. The zero-order valence-electron chi connectivity index (χ0n) is 13.7. The highest BCUT2D eigenvalue weighted by atomic mass is 16.5. The molecule has 2 nitrogen and oxygen atoms in total. The Balaban J connectivity index is 2.56. The number of hydrogen-bond acceptors (Lipinski definition) is 2. The van der Waals surface area contributed by atoms with E-state index < -0.39 is 0 Å². The molecule has 0 spiro atoms. The van der Waals surface area contributed by atoms with Crippen LogP contribution in [0, 0.1) is 20.8 Å². The van der Waals surface area contributed by atoms with Crippen LogP contribution in [-0.4, -0.2) is 13.7 Å². The van der Waals surface area contributed by atoms with Crippen molar-refractivity contribution in [3.8, 4) is 5.75 Å². The highest BCUT2D eigenvalue weighted by Crippen LogP contribution is 2.32. The van der Waals surface area contributed by atoms with Crippen LogP contribution in [0.3, 0.4) is 0 Å². The van der Waals surface area contributed by atoms with Gasteiger partial charge in [-0.15, -0.1) is 0 Å². The van der Waals surface area contributed by atoms with Gasteiger partial charge in [0.25, 0.3) is 0 Å². The summed E-state index contributed by atoms with van der Waals surface area (Å²) in [6.07, 6.45) is 0. The molecule has 1 unspecified atom stereocenters. The molecule has 2 aromatic rings. The van der Waals surface area contributed by atoms with Crippen molar-refractivity contribution in [2.45, 2.75) is 33.7 Å². The van der Waals surface area contributed by atoms with Crippen LogP contribution < -0.4 is 10.1 Å². The second kappa shape index (κ2) is 6.77. The van der Waals surface area contributed by atoms with E-state index in [2.05, 4.69) is 57.3 Å². The van der Waals surface area contributed by atoms with Crippen LogP contribution >= 0.6 is 0 Å². The fraction of sp³-hybridized carbons (Fsp3) is 0.368. The molecule has 2 aromatic carbocycles. The van der Waals surface area contributed by atoms with E-state index in [1.807, 2.05) is 12.1 Å². The zero-order valence-corrected chi connectivity index (χ0v) is 13.7. The Kier molecular flexibility index (Phi) is 5.03. The number of methoxy groups -OCH3 is 1. The van der Waals surface area contributed by atoms with Gasteiger partial charge in [0.2, 0.25) is 0 Å². The van der Waals surface area contributed by atoms with Crippen LogP contribution in [0.4, 0.5) is 0 Å². The van der Waals surface area contributed by atoms with E-state index in [9.17, 15) is 0 Å². The zero-order chi connectivity index (χ0) is 15.4. The first-order valence-corrected chi connectivity index (χ1v) is 7.52. The lowest BCUT2D eigenvalue weighted by atomic mass is 9.91. The molecule has 21 heavy (non-hydrogen) atoms. The molecule has 0 amide bonds. The average molecular weight is 283 g/mol. The number of para-hydroxylation sites is 1. The van der Waals surface area contributed by atoms with Gasteiger partial charge in [0.15, 0.2) is 0 Å². The Bertz CT molecular complexity index is 619. The number of rotatable bonds is 5. The number of aryl methyl sites for hydroxylation is 3. The van der Waals surface area contributed by atoms with Crippen molar-refractivity contribution < 1.29 is 4.74 Å². The Morgan fingerprint density at radius 3 is 2.29 bits per heavy atom. The van der Waals surface area contributed by atoms with Gasteiger partial charge in [-0.25, -0.2) is 0 Å². The minimum atomic E-state index is 0.158. The van der Waals surface area contributed by atoms with Crippen molar-refractivity contribution >= 4 is 0 Å². The van der Waals surface area contributed by atoms with E-state index >= 15 is 0 Å². The number of nitrogens with one attached hydrogen (secondary N) is 1. The van der Waals surface area contributed by atoms with Gasteiger partial charge in [0.1, 0.15) is 5.75 Å². The number of benzene rings is 2. The Morgan fingerprint density at radius 1 is 0.952 bits per heavy atom. The predicted molar refractivity (Wildman–Crippen MR) is 89.2 cm³/mol. The van der Waals surface area contributed by atoms with Gasteiger partial charge in [-0.2, -0.15) is 0 Å². The first-order valence-electron chi connectivity index (χ1n) is 7.52. The summed E-state index contributed by atoms with van der Waals surface area (Å²) in [6, 6.07) is 13.0. The maximum atomic E-state index is 5.55. The summed E-state index contributed by atoms with van der Waals surface area (Å²) in [7, 11) is 1.73. The van der Waals surface area contributed by atoms with Crippen molar-refractivity contribution in [3.05, 3.63) is 64.2 Å². The highest BCUT2D eigenvalue weighted by Gasteiger charge is 2.19. The van der Waals surface area contributed by atoms with Crippen molar-refractivity contribution in [2.24, 2.45) is 0 Å². The summed E-state index contributed by atoms with van der Waals surface area (Å²) in [5.41, 5.74) is 6.49. The highest BCUT2D eigenvalue weighted by molar-refractivity contribution is 5.46. The van der Waals surface area contributed by atoms with Crippen LogP contribution in [0.5, 0.6) is 5.75 Å². The first kappa shape index (κ1) is 15.6. The third kappa shape index (κ3) is 3.27. The molecule has 2 heteroatoms. The lowest BCUT2D eigenvalue weighted by Crippen LogP contribution is -2.23. The Hall–Kier alpha value is -1.80. The molecule has 0 saturated heterocycles. The summed E-state index contributed by atoms with van der Waals surface area (Å²) in [6.45, 7) is 9.57. The fourth-order valence-corrected chi connectivity index (χ4v) is 2.79. The molecule has 1 N–H and O–H groups in total. The van der Waals surface area contributed by atoms with Crippen molar-refractivity contribution in [1.29, 1.82) is 0 Å². The monoisotopic (exact) mass is 283 g/mol. The van der Waals surface area contributed by atoms with Gasteiger partial charge in [0.05, 0.1) is 13.2 Å². The summed E-state index contributed by atoms with van der Waals surface area (Å²) >= 11 is 0. The molecule has 0 aliphatic carbocycles. The quantitative estimate of drug-likeness (QED) is 0.882. The Morgan fingerprint density at radius 2 is 1.62 bits per heavy atom. The molecule has 0 fully saturated rings. The predicted octanol–water partition coefficient (Wildman–Crippen LogP) is 4.32. The minimum absolute atomic E-state index is 0.158. The van der Waals surface area contributed by atoms with Gasteiger partial charge in [-0.05, 0) is 55.6 Å². The standard InChI is InChI=1S/C19H25NO/c1-6-20-19(16-9-7-8-10-18(16)21-5)17-12-14(3)13(2)11-15(17)4/h7-12,19-20H,6H2,1-5H3. The maximum absolute atomic E-state index is 5.55. The molecule has 0 heterocycles. The summed E-state index contributed by atoms with van der Waals surface area (Å²) in [4.78, 5) is 0. The molecule has 0 aromatic heterocycles. The largest absolute Gasteiger partial charge is 0.496 e. The van der Waals surface area contributed by atoms with Crippen LogP contribution in [0.15, 0.2) is 36.4 Å². The van der Waals surface area contributed by atoms with Crippen molar-refractivity contribution in [3.63, 3.8) is 0 Å². The van der Waals surface area contributed by atoms with Crippen LogP contribution in [0.1, 0.15) is 40.8 Å². The van der Waals surface area contributed by atoms with E-state index in [1.165, 1.54) is 27.8 Å². The van der Waals surface area contributed by atoms with Gasteiger partial charge in [-0.1, -0.05) is 37.3 Å². The molecule has 0 bridgehead atoms. The van der Waals surface area contributed by atoms with Gasteiger partial charge in [-0.3, -0.25) is 0 Å². The molecule has 112 valence electrons. The lowest BCUT2D eigenvalue weighted by Gasteiger charge is -2.24. The van der Waals surface area contributed by atoms with Crippen molar-refractivity contribution in [2.75, 3.05) is 13.7 Å². The van der Waals surface area contributed by atoms with Gasteiger partial charge in [0, 0.05) is 5.56 Å². The summed E-state index contributed by atoms with van der Waals surface area (Å²) in [5.74, 6) is 0.932. The van der Waals surface area contributed by atoms with Crippen LogP contribution in [0.2, 0.25) is 0 Å². The molecule has 1 atom stereocenters. The van der Waals surface area contributed by atoms with Gasteiger partial charge >= 0.3 is 0 Å². The molecule has 0 saturated carbocycles. The SMILES string of the molecule is CCNC(c1cc(C)c(C)cc1C)c1ccccc1OC. The molecule has 2 rings (SSSR count). The first-order chi connectivity index (χ1) is 10.1. The average Bonchev–Trinajstić information content (AvgIpc) is 2.49. The molecule has 0 aliphatic heterocycles. The van der Waals surface area contributed by atoms with E-state index in [0.29, 0.717) is 0 Å². The normalized spacial score (nSPS) is 12.2. The van der Waals surface area contributed by atoms with Crippen LogP contribution in [0.25, 0.3) is 0 Å². The smallest absolute Gasteiger partial charge is 0.123 e. The third-order valence-corrected chi connectivity index (χ3v) is 4.05. The summed E-state index contributed by atoms with van der Waals surface area (Å²) < 4.78 is 5.55. The number of ether oxygens (including phenoxy) is 1. The minimum Gasteiger partial charge on any atom is -0.496 e. The third-order valence-electron chi connectivity index (χ3n) is 4.05.